The number of allylic oxidation sites excluding steroid dienone is 12. The molecule has 378 valence electrons. The molecular weight excluding hydrogens is 875 g/mol. The summed E-state index contributed by atoms with van der Waals surface area (Å²) in [5, 5.41) is 51.2. The lowest BCUT2D eigenvalue weighted by molar-refractivity contribution is -0.345. The van der Waals surface area contributed by atoms with Crippen molar-refractivity contribution < 1.29 is 68.1 Å². The molecule has 4 aliphatic rings. The molecule has 3 fully saturated rings. The summed E-state index contributed by atoms with van der Waals surface area (Å²) in [4.78, 5) is 67.7. The number of Topliss-reactive ketones (excluding diaryl/α,β-unsaturated/α-hetero) is 1. The van der Waals surface area contributed by atoms with Gasteiger partial charge in [0.15, 0.2) is 11.9 Å². The first-order valence-corrected chi connectivity index (χ1v) is 24.0. The highest BCUT2D eigenvalue weighted by atomic mass is 16.6. The Morgan fingerprint density at radius 2 is 1.38 bits per heavy atom. The molecule has 1 heterocycles. The Balaban J connectivity index is 1.50. The van der Waals surface area contributed by atoms with Gasteiger partial charge in [-0.05, 0) is 97.6 Å². The van der Waals surface area contributed by atoms with E-state index in [0.29, 0.717) is 12.8 Å². The van der Waals surface area contributed by atoms with Crippen LogP contribution in [0, 0.1) is 16.7 Å². The van der Waals surface area contributed by atoms with Crippen molar-refractivity contribution >= 4 is 29.8 Å². The highest BCUT2D eigenvalue weighted by molar-refractivity contribution is 5.94. The Bertz CT molecular complexity index is 2020. The molecule has 2 bridgehead atoms. The Morgan fingerprint density at radius 1 is 0.853 bits per heavy atom. The van der Waals surface area contributed by atoms with Gasteiger partial charge in [0, 0.05) is 37.5 Å². The molecule has 15 heteroatoms. The normalized spacial score (nSPS) is 31.4. The fourth-order valence-corrected chi connectivity index (χ4v) is 9.99. The fraction of sp³-hybridized carbons (Fsp3) is 0.642. The van der Waals surface area contributed by atoms with Crippen molar-refractivity contribution in [2.24, 2.45) is 16.7 Å². The third-order valence-electron chi connectivity index (χ3n) is 13.7. The summed E-state index contributed by atoms with van der Waals surface area (Å²) in [6, 6.07) is -1.20. The quantitative estimate of drug-likeness (QED) is 0.0468. The maximum absolute atomic E-state index is 15.1. The molecule has 0 aromatic heterocycles. The number of aliphatic hydroxyl groups excluding tert-OH is 2. The van der Waals surface area contributed by atoms with E-state index in [1.165, 1.54) is 20.8 Å². The minimum atomic E-state index is -2.28. The molecule has 11 atom stereocenters. The number of esters is 3. The number of alkyl carbamates (subject to hydrolysis) is 1. The molecule has 68 heavy (non-hydrogen) atoms. The van der Waals surface area contributed by atoms with Crippen LogP contribution in [0.3, 0.4) is 0 Å². The van der Waals surface area contributed by atoms with Gasteiger partial charge in [-0.25, -0.2) is 9.59 Å². The van der Waals surface area contributed by atoms with Gasteiger partial charge in [0.2, 0.25) is 0 Å². The van der Waals surface area contributed by atoms with E-state index in [9.17, 15) is 39.6 Å². The first kappa shape index (κ1) is 55.9. The van der Waals surface area contributed by atoms with Crippen molar-refractivity contribution in [3.63, 3.8) is 0 Å². The molecule has 15 nitrogen and oxygen atoms in total. The first-order chi connectivity index (χ1) is 31.9. The monoisotopic (exact) mass is 952 g/mol. The Kier molecular flexibility index (Phi) is 19.5. The van der Waals surface area contributed by atoms with E-state index < -0.39 is 112 Å². The average Bonchev–Trinajstić information content (AvgIpc) is 3.24. The summed E-state index contributed by atoms with van der Waals surface area (Å²) in [5.41, 5.74) is -8.46. The molecule has 0 aromatic rings. The van der Waals surface area contributed by atoms with Crippen LogP contribution in [0.25, 0.3) is 0 Å². The standard InChI is InChI=1S/C53H77NO14/c1-11-12-13-14-15-16-17-18-19-20-21-22-23-24-25-26-27-28-29-30-40(56)67-38-31-39-52(62,33-64-39)44-46(65-36(4)55)53(63)32-37(34(2)41(50(53,8)9)43(58)45(59)51(38,44)10)66-47(60)42(57)35(3)54-48(61)68-49(5,6)7/h12-13,15-16,18-19,21-22,24-25,27-28,35,37-39,42-44,46,57-58,62-63H,11,14,17,20,23,26,29-33H2,1-10H3,(H,54,61)/b13-12-,16-15-,19-18-,22-21-,25-24-,28-27-/t35-,37-,38-,39+,42+,43+,44-,46-,51+,52-,53+/m0/s1. The van der Waals surface area contributed by atoms with Crippen LogP contribution < -0.4 is 5.32 Å². The third kappa shape index (κ3) is 12.9. The maximum Gasteiger partial charge on any atom is 0.407 e. The smallest absolute Gasteiger partial charge is 0.407 e. The molecule has 1 aliphatic heterocycles. The lowest BCUT2D eigenvalue weighted by atomic mass is 9.44. The first-order valence-electron chi connectivity index (χ1n) is 24.0. The molecule has 4 rings (SSSR count). The van der Waals surface area contributed by atoms with Gasteiger partial charge in [-0.1, -0.05) is 93.7 Å². The Hall–Kier alpha value is -4.67. The van der Waals surface area contributed by atoms with Gasteiger partial charge in [0.05, 0.1) is 24.2 Å². The number of fused-ring (bicyclic) bond motifs is 5. The number of carbonyl (C=O) groups excluding carboxylic acids is 5. The Labute approximate surface area is 402 Å². The summed E-state index contributed by atoms with van der Waals surface area (Å²) in [7, 11) is 0. The highest BCUT2D eigenvalue weighted by Crippen LogP contribution is 2.63. The van der Waals surface area contributed by atoms with Gasteiger partial charge >= 0.3 is 24.0 Å². The lowest BCUT2D eigenvalue weighted by Gasteiger charge is -2.67. The predicted molar refractivity (Wildman–Crippen MR) is 256 cm³/mol. The zero-order valence-corrected chi connectivity index (χ0v) is 41.7. The third-order valence-corrected chi connectivity index (χ3v) is 13.7. The molecule has 1 amide bonds. The highest BCUT2D eigenvalue weighted by Gasteiger charge is 2.77. The number of amides is 1. The molecule has 0 unspecified atom stereocenters. The van der Waals surface area contributed by atoms with Crippen molar-refractivity contribution in [2.75, 3.05) is 6.61 Å². The molecule has 0 radical (unpaired) electrons. The molecule has 3 aliphatic carbocycles. The van der Waals surface area contributed by atoms with E-state index in [0.717, 1.165) is 39.0 Å². The zero-order chi connectivity index (χ0) is 50.7. The van der Waals surface area contributed by atoms with Gasteiger partial charge in [0.1, 0.15) is 41.2 Å². The second-order valence-corrected chi connectivity index (χ2v) is 20.2. The van der Waals surface area contributed by atoms with Crippen LogP contribution in [-0.4, -0.2) is 116 Å². The molecule has 0 spiro atoms. The van der Waals surface area contributed by atoms with Crippen molar-refractivity contribution in [1.82, 2.24) is 5.32 Å². The number of nitrogens with one attached hydrogen (secondary N) is 1. The van der Waals surface area contributed by atoms with Crippen LogP contribution in [0.2, 0.25) is 0 Å². The minimum absolute atomic E-state index is 0.0398. The topological polar surface area (TPSA) is 224 Å². The number of hydrogen-bond acceptors (Lipinski definition) is 14. The van der Waals surface area contributed by atoms with Crippen LogP contribution in [0.5, 0.6) is 0 Å². The summed E-state index contributed by atoms with van der Waals surface area (Å²) in [6.07, 6.45) is 19.7. The summed E-state index contributed by atoms with van der Waals surface area (Å²) < 4.78 is 28.9. The second kappa shape index (κ2) is 23.8. The number of carbonyl (C=O) groups is 5. The summed E-state index contributed by atoms with van der Waals surface area (Å²) in [5.74, 6) is -5.11. The number of hydrogen-bond donors (Lipinski definition) is 5. The SMILES string of the molecule is CC/C=C\C/C=C\C/C=C\C/C=C\C/C=C\C/C=C\CCC(=O)O[C@H]1C[C@H]2OC[C@@]2(O)[C@H]2[C@H](OC(C)=O)[C@]3(O)C[C@H](OC(=O)[C@H](O)[C@H](C)NC(=O)OC(C)(C)C)C(C)=C([C@@H](O)C(=O)[C@]12C)C3(C)C. The van der Waals surface area contributed by atoms with Crippen molar-refractivity contribution in [2.45, 2.75) is 193 Å². The van der Waals surface area contributed by atoms with Crippen molar-refractivity contribution in [3.05, 3.63) is 84.1 Å². The average molecular weight is 952 g/mol. The lowest BCUT2D eigenvalue weighted by Crippen LogP contribution is -2.81. The van der Waals surface area contributed by atoms with Crippen LogP contribution in [-0.2, 0) is 42.9 Å². The van der Waals surface area contributed by atoms with Gasteiger partial charge in [-0.3, -0.25) is 14.4 Å². The largest absolute Gasteiger partial charge is 0.461 e. The number of ketones is 1. The molecule has 1 saturated heterocycles. The van der Waals surface area contributed by atoms with Crippen LogP contribution in [0.4, 0.5) is 4.79 Å². The zero-order valence-electron chi connectivity index (χ0n) is 41.7. The van der Waals surface area contributed by atoms with Gasteiger partial charge in [0.25, 0.3) is 0 Å². The van der Waals surface area contributed by atoms with E-state index in [1.54, 1.807) is 34.6 Å². The summed E-state index contributed by atoms with van der Waals surface area (Å²) in [6.45, 7) is 15.3. The van der Waals surface area contributed by atoms with Gasteiger partial charge < -0.3 is 49.4 Å². The molecule has 0 aromatic carbocycles. The number of aliphatic hydroxyl groups is 4. The predicted octanol–water partition coefficient (Wildman–Crippen LogP) is 7.07. The molecule has 5 N–H and O–H groups in total. The minimum Gasteiger partial charge on any atom is -0.461 e. The van der Waals surface area contributed by atoms with E-state index >= 15 is 4.79 Å². The van der Waals surface area contributed by atoms with Gasteiger partial charge in [-0.2, -0.15) is 0 Å². The van der Waals surface area contributed by atoms with Crippen LogP contribution in [0.15, 0.2) is 84.1 Å². The summed E-state index contributed by atoms with van der Waals surface area (Å²) >= 11 is 0. The molecule has 2 saturated carbocycles. The Morgan fingerprint density at radius 3 is 1.87 bits per heavy atom. The van der Waals surface area contributed by atoms with Crippen molar-refractivity contribution in [1.29, 1.82) is 0 Å². The van der Waals surface area contributed by atoms with E-state index in [-0.39, 0.29) is 30.6 Å². The van der Waals surface area contributed by atoms with Crippen LogP contribution in [0.1, 0.15) is 133 Å². The fourth-order valence-electron chi connectivity index (χ4n) is 9.99. The van der Waals surface area contributed by atoms with Crippen LogP contribution >= 0.6 is 0 Å². The van der Waals surface area contributed by atoms with E-state index in [2.05, 4.69) is 66.9 Å². The molecular formula is C53H77NO14. The number of ether oxygens (including phenoxy) is 5. The van der Waals surface area contributed by atoms with E-state index in [1.807, 2.05) is 18.2 Å². The number of rotatable bonds is 20. The van der Waals surface area contributed by atoms with Crippen molar-refractivity contribution in [3.8, 4) is 0 Å². The van der Waals surface area contributed by atoms with Gasteiger partial charge in [-0.15, -0.1) is 0 Å². The van der Waals surface area contributed by atoms with E-state index in [4.69, 9.17) is 23.7 Å². The maximum atomic E-state index is 15.1. The second-order valence-electron chi connectivity index (χ2n) is 20.2.